The molecule has 4 aromatic rings. The lowest BCUT2D eigenvalue weighted by Gasteiger charge is -2.12. The van der Waals surface area contributed by atoms with Crippen molar-refractivity contribution in [3.63, 3.8) is 0 Å². The van der Waals surface area contributed by atoms with Gasteiger partial charge in [-0.05, 0) is 61.0 Å². The number of unbranched alkanes of at least 4 members (excludes halogenated alkanes) is 1. The van der Waals surface area contributed by atoms with Crippen LogP contribution in [0.15, 0.2) is 73.0 Å². The number of aromatic nitrogens is 4. The Morgan fingerprint density at radius 2 is 2.00 bits per heavy atom. The van der Waals surface area contributed by atoms with Crippen molar-refractivity contribution in [1.29, 1.82) is 0 Å². The number of hydrogen-bond acceptors (Lipinski definition) is 5. The second kappa shape index (κ2) is 9.24. The van der Waals surface area contributed by atoms with E-state index in [0.29, 0.717) is 18.2 Å². The minimum absolute atomic E-state index is 0.290. The van der Waals surface area contributed by atoms with Crippen molar-refractivity contribution in [2.75, 3.05) is 18.5 Å². The molecule has 5 rings (SSSR count). The minimum Gasteiger partial charge on any atom is -0.487 e. The fourth-order valence-electron chi connectivity index (χ4n) is 3.83. The third-order valence-corrected chi connectivity index (χ3v) is 5.47. The molecular formula is C26H24FN5O. The van der Waals surface area contributed by atoms with Gasteiger partial charge in [0.15, 0.2) is 0 Å². The van der Waals surface area contributed by atoms with Crippen LogP contribution in [0.5, 0.6) is 0 Å². The highest BCUT2D eigenvalue weighted by molar-refractivity contribution is 5.91. The molecule has 0 amide bonds. The fraction of sp³-hybridized carbons (Fsp3) is 0.192. The number of nitrogens with zero attached hydrogens (tertiary/aromatic N) is 4. The van der Waals surface area contributed by atoms with Gasteiger partial charge in [0.1, 0.15) is 29.6 Å². The van der Waals surface area contributed by atoms with Crippen molar-refractivity contribution in [2.45, 2.75) is 19.8 Å². The summed E-state index contributed by atoms with van der Waals surface area (Å²) in [6, 6.07) is 14.2. The quantitative estimate of drug-likeness (QED) is 0.371. The van der Waals surface area contributed by atoms with Crippen molar-refractivity contribution < 1.29 is 9.13 Å². The van der Waals surface area contributed by atoms with E-state index in [1.165, 1.54) is 12.1 Å². The van der Waals surface area contributed by atoms with Gasteiger partial charge in [-0.2, -0.15) is 5.10 Å². The average Bonchev–Trinajstić information content (AvgIpc) is 3.25. The van der Waals surface area contributed by atoms with E-state index in [4.69, 9.17) is 14.8 Å². The number of halogens is 1. The zero-order chi connectivity index (χ0) is 22.6. The van der Waals surface area contributed by atoms with Crippen molar-refractivity contribution in [3.8, 4) is 22.5 Å². The lowest BCUT2D eigenvalue weighted by atomic mass is 10.0. The zero-order valence-electron chi connectivity index (χ0n) is 18.3. The summed E-state index contributed by atoms with van der Waals surface area (Å²) < 4.78 is 21.4. The monoisotopic (exact) mass is 441 g/mol. The van der Waals surface area contributed by atoms with Gasteiger partial charge in [-0.15, -0.1) is 0 Å². The van der Waals surface area contributed by atoms with Crippen molar-refractivity contribution in [2.24, 2.45) is 0 Å². The fourth-order valence-corrected chi connectivity index (χ4v) is 3.83. The van der Waals surface area contributed by atoms with E-state index in [1.54, 1.807) is 18.3 Å². The molecule has 1 aliphatic heterocycles. The van der Waals surface area contributed by atoms with E-state index >= 15 is 0 Å². The highest BCUT2D eigenvalue weighted by Gasteiger charge is 2.21. The Hall–Kier alpha value is -4.00. The Balaban J connectivity index is 1.70. The molecule has 33 heavy (non-hydrogen) atoms. The van der Waals surface area contributed by atoms with Gasteiger partial charge in [-0.3, -0.25) is 0 Å². The summed E-state index contributed by atoms with van der Waals surface area (Å²) in [7, 11) is 0. The van der Waals surface area contributed by atoms with E-state index in [1.807, 2.05) is 47.0 Å². The third kappa shape index (κ3) is 4.22. The number of pyridine rings is 1. The van der Waals surface area contributed by atoms with Gasteiger partial charge in [0.2, 0.25) is 5.95 Å². The Bertz CT molecular complexity index is 1340. The van der Waals surface area contributed by atoms with Gasteiger partial charge < -0.3 is 10.1 Å². The minimum atomic E-state index is -0.290. The number of rotatable bonds is 7. The topological polar surface area (TPSA) is 64.3 Å². The van der Waals surface area contributed by atoms with Gasteiger partial charge in [0.05, 0.1) is 16.8 Å². The molecule has 1 aromatic carbocycles. The first-order chi connectivity index (χ1) is 16.2. The van der Waals surface area contributed by atoms with Crippen LogP contribution in [-0.4, -0.2) is 32.7 Å². The summed E-state index contributed by atoms with van der Waals surface area (Å²) in [5, 5.41) is 8.23. The summed E-state index contributed by atoms with van der Waals surface area (Å²) in [4.78, 5) is 9.15. The largest absolute Gasteiger partial charge is 0.487 e. The summed E-state index contributed by atoms with van der Waals surface area (Å²) in [6.45, 7) is 3.47. The second-order valence-electron chi connectivity index (χ2n) is 7.75. The molecule has 166 valence electrons. The van der Waals surface area contributed by atoms with Crippen LogP contribution in [0.25, 0.3) is 33.8 Å². The van der Waals surface area contributed by atoms with E-state index in [-0.39, 0.29) is 5.82 Å². The van der Waals surface area contributed by atoms with Gasteiger partial charge in [-0.1, -0.05) is 25.5 Å². The summed E-state index contributed by atoms with van der Waals surface area (Å²) in [6.07, 6.45) is 9.73. The number of hydrogen-bond donors (Lipinski definition) is 1. The van der Waals surface area contributed by atoms with Crippen LogP contribution >= 0.6 is 0 Å². The van der Waals surface area contributed by atoms with Gasteiger partial charge in [-0.25, -0.2) is 18.9 Å². The molecule has 0 saturated carbocycles. The molecule has 0 spiro atoms. The summed E-state index contributed by atoms with van der Waals surface area (Å²) in [5.41, 5.74) is 4.84. The first kappa shape index (κ1) is 20.9. The SMILES string of the molecule is CCCCNc1nccc(-c2c(-c3ccc(F)cc3)nn3c(C4=CC=CCO4)cccc23)n1. The van der Waals surface area contributed by atoms with Crippen molar-refractivity contribution in [3.05, 3.63) is 84.5 Å². The summed E-state index contributed by atoms with van der Waals surface area (Å²) in [5.74, 6) is 1.03. The number of ether oxygens (including phenoxy) is 1. The van der Waals surface area contributed by atoms with Crippen molar-refractivity contribution in [1.82, 2.24) is 19.6 Å². The maximum atomic E-state index is 13.7. The number of anilines is 1. The molecule has 0 atom stereocenters. The third-order valence-electron chi connectivity index (χ3n) is 5.47. The predicted molar refractivity (Wildman–Crippen MR) is 128 cm³/mol. The van der Waals surface area contributed by atoms with Crippen LogP contribution in [0.1, 0.15) is 25.5 Å². The Morgan fingerprint density at radius 3 is 2.79 bits per heavy atom. The van der Waals surface area contributed by atoms with E-state index in [0.717, 1.165) is 53.2 Å². The molecule has 0 fully saturated rings. The van der Waals surface area contributed by atoms with E-state index in [2.05, 4.69) is 17.2 Å². The number of fused-ring (bicyclic) bond motifs is 1. The number of allylic oxidation sites excluding steroid dienone is 2. The maximum absolute atomic E-state index is 13.7. The normalized spacial score (nSPS) is 13.1. The molecule has 7 heteroatoms. The number of benzene rings is 1. The van der Waals surface area contributed by atoms with Crippen LogP contribution in [0.2, 0.25) is 0 Å². The predicted octanol–water partition coefficient (Wildman–Crippen LogP) is 5.74. The molecular weight excluding hydrogens is 417 g/mol. The van der Waals surface area contributed by atoms with Crippen LogP contribution < -0.4 is 5.32 Å². The molecule has 6 nitrogen and oxygen atoms in total. The molecule has 1 aliphatic rings. The average molecular weight is 442 g/mol. The molecule has 0 unspecified atom stereocenters. The Morgan fingerprint density at radius 1 is 1.12 bits per heavy atom. The lowest BCUT2D eigenvalue weighted by molar-refractivity contribution is 0.313. The second-order valence-corrected chi connectivity index (χ2v) is 7.75. The molecule has 0 aliphatic carbocycles. The van der Waals surface area contributed by atoms with Crippen molar-refractivity contribution >= 4 is 17.2 Å². The Labute approximate surface area is 191 Å². The molecule has 4 heterocycles. The number of nitrogens with one attached hydrogen (secondary N) is 1. The zero-order valence-corrected chi connectivity index (χ0v) is 18.3. The Kier molecular flexibility index (Phi) is 5.85. The van der Waals surface area contributed by atoms with E-state index < -0.39 is 0 Å². The highest BCUT2D eigenvalue weighted by atomic mass is 19.1. The van der Waals surface area contributed by atoms with Crippen LogP contribution in [0.3, 0.4) is 0 Å². The molecule has 0 saturated heterocycles. The molecule has 0 radical (unpaired) electrons. The first-order valence-electron chi connectivity index (χ1n) is 11.1. The smallest absolute Gasteiger partial charge is 0.223 e. The standard InChI is InChI=1S/C26H24FN5O/c1-2-3-15-28-26-29-16-14-20(30-26)24-22-8-6-7-21(23-9-4-5-17-33-23)32(22)31-25(24)18-10-12-19(27)13-11-18/h4-14,16H,2-3,15,17H2,1H3,(H,28,29,30). The maximum Gasteiger partial charge on any atom is 0.223 e. The van der Waals surface area contributed by atoms with E-state index in [9.17, 15) is 4.39 Å². The van der Waals surface area contributed by atoms with Crippen LogP contribution in [0.4, 0.5) is 10.3 Å². The van der Waals surface area contributed by atoms with Gasteiger partial charge >= 0.3 is 0 Å². The first-order valence-corrected chi connectivity index (χ1v) is 11.1. The molecule has 0 bridgehead atoms. The molecule has 3 aromatic heterocycles. The highest BCUT2D eigenvalue weighted by Crippen LogP contribution is 2.36. The van der Waals surface area contributed by atoms with Gasteiger partial charge in [0.25, 0.3) is 0 Å². The van der Waals surface area contributed by atoms with Crippen LogP contribution in [-0.2, 0) is 4.74 Å². The van der Waals surface area contributed by atoms with Gasteiger partial charge in [0, 0.05) is 18.3 Å². The lowest BCUT2D eigenvalue weighted by Crippen LogP contribution is -2.05. The molecule has 1 N–H and O–H groups in total. The van der Waals surface area contributed by atoms with Crippen LogP contribution in [0, 0.1) is 5.82 Å². The summed E-state index contributed by atoms with van der Waals surface area (Å²) >= 11 is 0.